The van der Waals surface area contributed by atoms with Crippen LogP contribution in [0.4, 0.5) is 10.7 Å². The third-order valence-corrected chi connectivity index (χ3v) is 4.39. The molecule has 1 heterocycles. The van der Waals surface area contributed by atoms with E-state index in [1.807, 2.05) is 0 Å². The van der Waals surface area contributed by atoms with E-state index in [9.17, 15) is 13.6 Å². The second-order valence-electron chi connectivity index (χ2n) is 3.65. The topological polar surface area (TPSA) is 93.6 Å². The van der Waals surface area contributed by atoms with E-state index in [0.29, 0.717) is 5.01 Å². The summed E-state index contributed by atoms with van der Waals surface area (Å²) in [5.74, 6) is -1.30. The summed E-state index contributed by atoms with van der Waals surface area (Å²) in [4.78, 5) is 15.0. The van der Waals surface area contributed by atoms with Gasteiger partial charge in [-0.25, -0.2) is 9.78 Å². The molecule has 0 fully saturated rings. The van der Waals surface area contributed by atoms with Crippen LogP contribution in [0.5, 0.6) is 0 Å². The third kappa shape index (κ3) is 2.83. The largest absolute Gasteiger partial charge is 0.755 e. The second kappa shape index (κ2) is 5.88. The minimum absolute atomic E-state index is 0.00330. The smallest absolute Gasteiger partial charge is 0.357 e. The van der Waals surface area contributed by atoms with Crippen molar-refractivity contribution in [3.8, 4) is 0 Å². The van der Waals surface area contributed by atoms with Crippen molar-refractivity contribution in [2.45, 2.75) is 6.92 Å². The highest BCUT2D eigenvalue weighted by atomic mass is 35.5. The summed E-state index contributed by atoms with van der Waals surface area (Å²) >= 11 is 4.22. The predicted molar refractivity (Wildman–Crippen MR) is 76.3 cm³/mol. The van der Waals surface area contributed by atoms with Crippen molar-refractivity contribution in [2.75, 3.05) is 4.31 Å². The molecule has 1 aromatic carbocycles. The van der Waals surface area contributed by atoms with Crippen LogP contribution < -0.4 is 4.31 Å². The first-order chi connectivity index (χ1) is 9.41. The molecule has 6 nitrogen and oxygen atoms in total. The Kier molecular flexibility index (Phi) is 4.39. The first-order valence-corrected chi connectivity index (χ1v) is 7.49. The van der Waals surface area contributed by atoms with E-state index in [1.165, 1.54) is 12.1 Å². The monoisotopic (exact) mass is 331 g/mol. The number of carbonyl (C=O) groups is 1. The molecular weight excluding hydrogens is 324 g/mol. The fraction of sp³-hybridized carbons (Fsp3) is 0.0909. The Morgan fingerprint density at radius 1 is 1.50 bits per heavy atom. The summed E-state index contributed by atoms with van der Waals surface area (Å²) in [6, 6.07) is 6.26. The van der Waals surface area contributed by atoms with Gasteiger partial charge in [0, 0.05) is 0 Å². The summed E-state index contributed by atoms with van der Waals surface area (Å²) < 4.78 is 23.8. The van der Waals surface area contributed by atoms with Gasteiger partial charge < -0.3 is 9.66 Å². The number of rotatable bonds is 4. The van der Waals surface area contributed by atoms with Gasteiger partial charge in [-0.2, -0.15) is 0 Å². The number of anilines is 2. The maximum Gasteiger partial charge on any atom is 0.357 e. The van der Waals surface area contributed by atoms with E-state index >= 15 is 0 Å². The number of hydrogen-bond donors (Lipinski definition) is 1. The van der Waals surface area contributed by atoms with Crippen molar-refractivity contribution >= 4 is 50.9 Å². The standard InChI is InChI=1S/C11H9ClN2O4S2/c1-6-13-9(11(15)16)10(19-6)14(20(17)18)8-5-3-2-4-7(8)12/h2-5H,1H3,(H,15,16)(H,17,18)/p-1. The Hall–Kier alpha value is -1.48. The average Bonchev–Trinajstić information content (AvgIpc) is 2.74. The lowest BCUT2D eigenvalue weighted by Crippen LogP contribution is -2.21. The molecular formula is C11H8ClN2O4S2-. The number of carboxylic acids is 1. The number of nitrogens with zero attached hydrogens (tertiary/aromatic N) is 2. The highest BCUT2D eigenvalue weighted by Gasteiger charge is 2.24. The molecule has 0 saturated heterocycles. The molecule has 1 atom stereocenters. The zero-order chi connectivity index (χ0) is 14.9. The van der Waals surface area contributed by atoms with Crippen molar-refractivity contribution in [2.24, 2.45) is 0 Å². The van der Waals surface area contributed by atoms with Crippen molar-refractivity contribution < 1.29 is 18.7 Å². The molecule has 0 saturated carbocycles. The third-order valence-electron chi connectivity index (χ3n) is 2.32. The molecule has 0 aliphatic heterocycles. The Morgan fingerprint density at radius 3 is 2.70 bits per heavy atom. The van der Waals surface area contributed by atoms with Crippen LogP contribution in [0, 0.1) is 6.92 Å². The zero-order valence-electron chi connectivity index (χ0n) is 10.1. The number of aryl methyl sites for hydroxylation is 1. The molecule has 0 radical (unpaired) electrons. The molecule has 1 N–H and O–H groups in total. The first kappa shape index (κ1) is 14.9. The van der Waals surface area contributed by atoms with E-state index in [2.05, 4.69) is 4.98 Å². The molecule has 0 aliphatic rings. The van der Waals surface area contributed by atoms with Crippen molar-refractivity contribution in [1.29, 1.82) is 0 Å². The van der Waals surface area contributed by atoms with Gasteiger partial charge >= 0.3 is 5.97 Å². The number of aromatic nitrogens is 1. The molecule has 0 amide bonds. The summed E-state index contributed by atoms with van der Waals surface area (Å²) in [6.07, 6.45) is 0. The van der Waals surface area contributed by atoms with E-state index in [-0.39, 0.29) is 21.4 Å². The lowest BCUT2D eigenvalue weighted by Gasteiger charge is -2.25. The molecule has 0 spiro atoms. The van der Waals surface area contributed by atoms with Crippen LogP contribution in [-0.4, -0.2) is 24.8 Å². The Labute approximate surface area is 126 Å². The molecule has 0 aliphatic carbocycles. The number of para-hydroxylation sites is 1. The number of aromatic carboxylic acids is 1. The van der Waals surface area contributed by atoms with Crippen LogP contribution in [0.1, 0.15) is 15.5 Å². The van der Waals surface area contributed by atoms with Gasteiger partial charge in [0.1, 0.15) is 5.00 Å². The lowest BCUT2D eigenvalue weighted by molar-refractivity contribution is 0.0692. The minimum atomic E-state index is -2.72. The average molecular weight is 332 g/mol. The molecule has 1 aromatic heterocycles. The van der Waals surface area contributed by atoms with Crippen LogP contribution in [0.15, 0.2) is 24.3 Å². The minimum Gasteiger partial charge on any atom is -0.755 e. The quantitative estimate of drug-likeness (QED) is 0.869. The molecule has 20 heavy (non-hydrogen) atoms. The van der Waals surface area contributed by atoms with Crippen molar-refractivity contribution in [3.63, 3.8) is 0 Å². The predicted octanol–water partition coefficient (Wildman–Crippen LogP) is 2.74. The number of halogens is 1. The van der Waals surface area contributed by atoms with Gasteiger partial charge in [0.05, 0.1) is 27.0 Å². The van der Waals surface area contributed by atoms with Crippen LogP contribution >= 0.6 is 22.9 Å². The SMILES string of the molecule is Cc1nc(C(=O)O)c(N(c2ccccc2Cl)S(=O)[O-])s1. The van der Waals surface area contributed by atoms with Crippen LogP contribution in [0.2, 0.25) is 5.02 Å². The molecule has 1 unspecified atom stereocenters. The van der Waals surface area contributed by atoms with Gasteiger partial charge in [0.25, 0.3) is 0 Å². The molecule has 2 aromatic rings. The second-order valence-corrected chi connectivity index (χ2v) is 6.04. The number of benzene rings is 1. The van der Waals surface area contributed by atoms with Gasteiger partial charge in [-0.15, -0.1) is 0 Å². The van der Waals surface area contributed by atoms with Gasteiger partial charge in [-0.3, -0.25) is 8.51 Å². The fourth-order valence-corrected chi connectivity index (χ4v) is 3.50. The van der Waals surface area contributed by atoms with E-state index < -0.39 is 17.2 Å². The van der Waals surface area contributed by atoms with E-state index in [4.69, 9.17) is 16.7 Å². The van der Waals surface area contributed by atoms with Crippen molar-refractivity contribution in [1.82, 2.24) is 4.98 Å². The number of hydrogen-bond acceptors (Lipinski definition) is 5. The molecule has 106 valence electrons. The highest BCUT2D eigenvalue weighted by molar-refractivity contribution is 7.81. The molecule has 2 rings (SSSR count). The summed E-state index contributed by atoms with van der Waals surface area (Å²) in [5, 5.41) is 9.74. The summed E-state index contributed by atoms with van der Waals surface area (Å²) in [5.41, 5.74) is -0.148. The Morgan fingerprint density at radius 2 is 2.15 bits per heavy atom. The maximum absolute atomic E-state index is 11.5. The van der Waals surface area contributed by atoms with Gasteiger partial charge in [0.15, 0.2) is 5.69 Å². The van der Waals surface area contributed by atoms with E-state index in [0.717, 1.165) is 15.6 Å². The van der Waals surface area contributed by atoms with Crippen LogP contribution in [0.25, 0.3) is 0 Å². The highest BCUT2D eigenvalue weighted by Crippen LogP contribution is 2.38. The Balaban J connectivity index is 2.64. The normalized spacial score (nSPS) is 12.2. The fourth-order valence-electron chi connectivity index (χ4n) is 1.57. The Bertz CT molecular complexity index is 689. The maximum atomic E-state index is 11.5. The van der Waals surface area contributed by atoms with E-state index in [1.54, 1.807) is 19.1 Å². The first-order valence-electron chi connectivity index (χ1n) is 5.26. The lowest BCUT2D eigenvalue weighted by atomic mass is 10.3. The van der Waals surface area contributed by atoms with Gasteiger partial charge in [-0.1, -0.05) is 35.1 Å². The number of thiazole rings is 1. The van der Waals surface area contributed by atoms with Crippen LogP contribution in [-0.2, 0) is 11.3 Å². The van der Waals surface area contributed by atoms with Crippen molar-refractivity contribution in [3.05, 3.63) is 40.0 Å². The van der Waals surface area contributed by atoms with Gasteiger partial charge in [-0.05, 0) is 19.1 Å². The zero-order valence-corrected chi connectivity index (χ0v) is 12.5. The van der Waals surface area contributed by atoms with Gasteiger partial charge in [0.2, 0.25) is 0 Å². The molecule has 0 bridgehead atoms. The summed E-state index contributed by atoms with van der Waals surface area (Å²) in [6.45, 7) is 1.60. The van der Waals surface area contributed by atoms with Crippen LogP contribution in [0.3, 0.4) is 0 Å². The summed E-state index contributed by atoms with van der Waals surface area (Å²) in [7, 11) is 0. The number of carboxylic acid groups (broad SMARTS) is 1. The molecule has 9 heteroatoms.